The van der Waals surface area contributed by atoms with Crippen molar-refractivity contribution in [2.24, 2.45) is 5.92 Å². The summed E-state index contributed by atoms with van der Waals surface area (Å²) in [6.45, 7) is -1.53. The minimum atomic E-state index is -2.90. The van der Waals surface area contributed by atoms with Crippen LogP contribution in [0, 0.1) is 5.92 Å². The number of nitrogens with one attached hydrogen (secondary N) is 1. The third kappa shape index (κ3) is 5.25. The van der Waals surface area contributed by atoms with Gasteiger partial charge in [0.25, 0.3) is 5.91 Å². The Kier molecular flexibility index (Phi) is 6.52. The number of amides is 2. The molecule has 0 unspecified atom stereocenters. The molecule has 1 saturated heterocycles. The van der Waals surface area contributed by atoms with Crippen LogP contribution in [0.25, 0.3) is 0 Å². The van der Waals surface area contributed by atoms with Crippen molar-refractivity contribution in [1.29, 1.82) is 0 Å². The van der Waals surface area contributed by atoms with Gasteiger partial charge in [0.05, 0.1) is 0 Å². The Labute approximate surface area is 161 Å². The van der Waals surface area contributed by atoms with E-state index in [4.69, 9.17) is 0 Å². The minimum Gasteiger partial charge on any atom is -0.435 e. The molecule has 0 atom stereocenters. The van der Waals surface area contributed by atoms with E-state index in [9.17, 15) is 18.4 Å². The number of nitrogens with zero attached hydrogens (tertiary/aromatic N) is 2. The number of alkyl halides is 2. The maximum atomic E-state index is 12.5. The summed E-state index contributed by atoms with van der Waals surface area (Å²) in [6, 6.07) is 9.33. The molecular weight excluding hydrogens is 368 g/mol. The highest BCUT2D eigenvalue weighted by molar-refractivity contribution is 5.94. The summed E-state index contributed by atoms with van der Waals surface area (Å²) in [5, 5.41) is 2.91. The third-order valence-electron chi connectivity index (χ3n) is 4.67. The fraction of sp³-hybridized carbons (Fsp3) is 0.350. The van der Waals surface area contributed by atoms with Gasteiger partial charge in [-0.05, 0) is 48.7 Å². The maximum Gasteiger partial charge on any atom is 0.387 e. The van der Waals surface area contributed by atoms with Crippen molar-refractivity contribution in [3.05, 3.63) is 59.9 Å². The summed E-state index contributed by atoms with van der Waals surface area (Å²) in [4.78, 5) is 30.6. The lowest BCUT2D eigenvalue weighted by atomic mass is 9.95. The van der Waals surface area contributed by atoms with Gasteiger partial charge >= 0.3 is 6.61 Å². The molecule has 1 aliphatic rings. The van der Waals surface area contributed by atoms with Gasteiger partial charge in [0, 0.05) is 43.5 Å². The number of hydrogen-bond donors (Lipinski definition) is 1. The fourth-order valence-electron chi connectivity index (χ4n) is 3.14. The summed E-state index contributed by atoms with van der Waals surface area (Å²) in [7, 11) is 0. The second-order valence-electron chi connectivity index (χ2n) is 6.55. The van der Waals surface area contributed by atoms with Crippen molar-refractivity contribution in [3.8, 4) is 5.75 Å². The summed E-state index contributed by atoms with van der Waals surface area (Å²) in [6.07, 6.45) is 4.55. The predicted molar refractivity (Wildman–Crippen MR) is 97.8 cm³/mol. The van der Waals surface area contributed by atoms with Crippen molar-refractivity contribution in [1.82, 2.24) is 15.2 Å². The molecule has 6 nitrogen and oxygen atoms in total. The smallest absolute Gasteiger partial charge is 0.387 e. The number of aromatic nitrogens is 1. The van der Waals surface area contributed by atoms with Gasteiger partial charge in [0.1, 0.15) is 5.75 Å². The topological polar surface area (TPSA) is 71.5 Å². The molecule has 0 aliphatic carbocycles. The largest absolute Gasteiger partial charge is 0.435 e. The van der Waals surface area contributed by atoms with Crippen molar-refractivity contribution in [2.75, 3.05) is 13.1 Å². The average Bonchev–Trinajstić information content (AvgIpc) is 2.72. The molecule has 1 aliphatic heterocycles. The molecule has 0 bridgehead atoms. The molecule has 148 valence electrons. The molecule has 0 spiro atoms. The zero-order valence-electron chi connectivity index (χ0n) is 15.2. The van der Waals surface area contributed by atoms with Crippen LogP contribution in [0.15, 0.2) is 48.8 Å². The Hall–Kier alpha value is -3.03. The standard InChI is InChI=1S/C20H21F2N3O3/c21-20(22)28-17-5-3-16(4-6-17)19(27)25-10-7-15(8-11-25)18(26)24-13-14-2-1-9-23-12-14/h1-6,9,12,15,20H,7-8,10-11,13H2,(H,24,26). The Morgan fingerprint density at radius 1 is 1.18 bits per heavy atom. The Balaban J connectivity index is 1.47. The second-order valence-corrected chi connectivity index (χ2v) is 6.55. The molecule has 2 aromatic rings. The quantitative estimate of drug-likeness (QED) is 0.825. The zero-order chi connectivity index (χ0) is 19.9. The molecule has 1 aromatic carbocycles. The Morgan fingerprint density at radius 2 is 1.89 bits per heavy atom. The molecule has 8 heteroatoms. The highest BCUT2D eigenvalue weighted by Crippen LogP contribution is 2.21. The van der Waals surface area contributed by atoms with Gasteiger partial charge in [0.2, 0.25) is 5.91 Å². The van der Waals surface area contributed by atoms with Crippen LogP contribution < -0.4 is 10.1 Å². The van der Waals surface area contributed by atoms with Crippen LogP contribution in [0.2, 0.25) is 0 Å². The Bertz CT molecular complexity index is 792. The molecule has 28 heavy (non-hydrogen) atoms. The normalized spacial score (nSPS) is 14.8. The van der Waals surface area contributed by atoms with Crippen LogP contribution in [0.1, 0.15) is 28.8 Å². The highest BCUT2D eigenvalue weighted by Gasteiger charge is 2.27. The van der Waals surface area contributed by atoms with E-state index >= 15 is 0 Å². The average molecular weight is 389 g/mol. The van der Waals surface area contributed by atoms with Gasteiger partial charge in [-0.1, -0.05) is 6.07 Å². The molecule has 2 amide bonds. The fourth-order valence-corrected chi connectivity index (χ4v) is 3.14. The molecule has 3 rings (SSSR count). The monoisotopic (exact) mass is 389 g/mol. The first kappa shape index (κ1) is 19.7. The van der Waals surface area contributed by atoms with Gasteiger partial charge in [-0.2, -0.15) is 8.78 Å². The van der Waals surface area contributed by atoms with Crippen molar-refractivity contribution >= 4 is 11.8 Å². The lowest BCUT2D eigenvalue weighted by molar-refractivity contribution is -0.126. The molecule has 2 heterocycles. The molecule has 1 N–H and O–H groups in total. The number of carbonyl (C=O) groups is 2. The predicted octanol–water partition coefficient (Wildman–Crippen LogP) is 2.85. The first-order valence-corrected chi connectivity index (χ1v) is 9.03. The van der Waals surface area contributed by atoms with E-state index < -0.39 is 6.61 Å². The van der Waals surface area contributed by atoms with Crippen LogP contribution in [-0.4, -0.2) is 41.4 Å². The van der Waals surface area contributed by atoms with Crippen molar-refractivity contribution in [3.63, 3.8) is 0 Å². The number of hydrogen-bond acceptors (Lipinski definition) is 4. The highest BCUT2D eigenvalue weighted by atomic mass is 19.3. The molecule has 0 radical (unpaired) electrons. The number of rotatable bonds is 6. The number of likely N-dealkylation sites (tertiary alicyclic amines) is 1. The second kappa shape index (κ2) is 9.25. The first-order chi connectivity index (χ1) is 13.5. The SMILES string of the molecule is O=C(NCc1cccnc1)C1CCN(C(=O)c2ccc(OC(F)F)cc2)CC1. The van der Waals surface area contributed by atoms with E-state index in [1.807, 2.05) is 12.1 Å². The van der Waals surface area contributed by atoms with E-state index in [0.717, 1.165) is 5.56 Å². The van der Waals surface area contributed by atoms with Crippen molar-refractivity contribution in [2.45, 2.75) is 26.0 Å². The summed E-state index contributed by atoms with van der Waals surface area (Å²) in [5.74, 6) is -0.333. The number of halogens is 2. The van der Waals surface area contributed by atoms with E-state index in [1.165, 1.54) is 24.3 Å². The van der Waals surface area contributed by atoms with E-state index in [1.54, 1.807) is 17.3 Å². The van der Waals surface area contributed by atoms with Gasteiger partial charge in [0.15, 0.2) is 0 Å². The number of pyridine rings is 1. The first-order valence-electron chi connectivity index (χ1n) is 9.03. The zero-order valence-corrected chi connectivity index (χ0v) is 15.2. The van der Waals surface area contributed by atoms with Gasteiger partial charge in [-0.25, -0.2) is 0 Å². The van der Waals surface area contributed by atoms with E-state index in [0.29, 0.717) is 38.0 Å². The Morgan fingerprint density at radius 3 is 2.50 bits per heavy atom. The van der Waals surface area contributed by atoms with Crippen LogP contribution in [0.3, 0.4) is 0 Å². The molecular formula is C20H21F2N3O3. The van der Waals surface area contributed by atoms with E-state index in [2.05, 4.69) is 15.0 Å². The van der Waals surface area contributed by atoms with Gasteiger partial charge < -0.3 is 15.0 Å². The van der Waals surface area contributed by atoms with Crippen LogP contribution in [0.4, 0.5) is 8.78 Å². The molecule has 1 aromatic heterocycles. The number of benzene rings is 1. The lowest BCUT2D eigenvalue weighted by Crippen LogP contribution is -2.42. The number of carbonyl (C=O) groups excluding carboxylic acids is 2. The summed E-state index contributed by atoms with van der Waals surface area (Å²) < 4.78 is 28.7. The van der Waals surface area contributed by atoms with Crippen LogP contribution in [0.5, 0.6) is 5.75 Å². The lowest BCUT2D eigenvalue weighted by Gasteiger charge is -2.31. The van der Waals surface area contributed by atoms with Crippen LogP contribution in [-0.2, 0) is 11.3 Å². The maximum absolute atomic E-state index is 12.5. The summed E-state index contributed by atoms with van der Waals surface area (Å²) >= 11 is 0. The van der Waals surface area contributed by atoms with E-state index in [-0.39, 0.29) is 23.5 Å². The minimum absolute atomic E-state index is 0.00976. The van der Waals surface area contributed by atoms with Gasteiger partial charge in [-0.3, -0.25) is 14.6 Å². The van der Waals surface area contributed by atoms with Crippen molar-refractivity contribution < 1.29 is 23.1 Å². The molecule has 0 saturated carbocycles. The van der Waals surface area contributed by atoms with Gasteiger partial charge in [-0.15, -0.1) is 0 Å². The molecule has 1 fully saturated rings. The van der Waals surface area contributed by atoms with Crippen LogP contribution >= 0.6 is 0 Å². The third-order valence-corrected chi connectivity index (χ3v) is 4.67. The summed E-state index contributed by atoms with van der Waals surface area (Å²) in [5.41, 5.74) is 1.34. The number of piperidine rings is 1. The number of ether oxygens (including phenoxy) is 1.